The number of rotatable bonds is 2. The first-order valence-corrected chi connectivity index (χ1v) is 5.53. The standard InChI is InChI=1S/C13H17FN2/c1-8(2)12-9-5-4-6-10(14)13(9)16(3)11(12)7-15/h4-6,8H,7,15H2,1-3H3. The molecule has 2 aromatic rings. The molecule has 0 spiro atoms. The van der Waals surface area contributed by atoms with Crippen molar-refractivity contribution in [3.63, 3.8) is 0 Å². The van der Waals surface area contributed by atoms with E-state index in [-0.39, 0.29) is 5.82 Å². The van der Waals surface area contributed by atoms with E-state index in [0.29, 0.717) is 18.0 Å². The van der Waals surface area contributed by atoms with E-state index in [4.69, 9.17) is 5.73 Å². The van der Waals surface area contributed by atoms with Gasteiger partial charge < -0.3 is 10.3 Å². The Bertz CT molecular complexity index is 526. The molecule has 0 saturated carbocycles. The largest absolute Gasteiger partial charge is 0.344 e. The van der Waals surface area contributed by atoms with Gasteiger partial charge in [0.15, 0.2) is 0 Å². The van der Waals surface area contributed by atoms with Crippen molar-refractivity contribution in [2.24, 2.45) is 12.8 Å². The first-order chi connectivity index (χ1) is 7.57. The molecule has 2 rings (SSSR count). The Balaban J connectivity index is 2.92. The maximum atomic E-state index is 13.8. The lowest BCUT2D eigenvalue weighted by Crippen LogP contribution is -2.06. The zero-order valence-corrected chi connectivity index (χ0v) is 9.92. The zero-order valence-electron chi connectivity index (χ0n) is 9.92. The van der Waals surface area contributed by atoms with Crippen LogP contribution in [0.1, 0.15) is 31.0 Å². The monoisotopic (exact) mass is 220 g/mol. The molecule has 3 heteroatoms. The van der Waals surface area contributed by atoms with Crippen LogP contribution >= 0.6 is 0 Å². The van der Waals surface area contributed by atoms with E-state index in [1.165, 1.54) is 11.6 Å². The number of aromatic nitrogens is 1. The molecule has 0 aliphatic rings. The number of benzene rings is 1. The summed E-state index contributed by atoms with van der Waals surface area (Å²) >= 11 is 0. The molecule has 0 amide bonds. The van der Waals surface area contributed by atoms with Gasteiger partial charge in [-0.3, -0.25) is 0 Å². The van der Waals surface area contributed by atoms with E-state index >= 15 is 0 Å². The minimum Gasteiger partial charge on any atom is -0.344 e. The minimum absolute atomic E-state index is 0.179. The number of fused-ring (bicyclic) bond motifs is 1. The van der Waals surface area contributed by atoms with Crippen LogP contribution in [0.4, 0.5) is 4.39 Å². The van der Waals surface area contributed by atoms with Crippen LogP contribution in [0.2, 0.25) is 0 Å². The fourth-order valence-electron chi connectivity index (χ4n) is 2.44. The average Bonchev–Trinajstić information content (AvgIpc) is 2.52. The molecular weight excluding hydrogens is 203 g/mol. The Kier molecular flexibility index (Phi) is 2.72. The summed E-state index contributed by atoms with van der Waals surface area (Å²) in [7, 11) is 1.87. The van der Waals surface area contributed by atoms with Crippen molar-refractivity contribution in [1.29, 1.82) is 0 Å². The molecule has 0 bridgehead atoms. The third-order valence-electron chi connectivity index (χ3n) is 3.10. The molecule has 1 aromatic carbocycles. The highest BCUT2D eigenvalue weighted by molar-refractivity contribution is 5.86. The van der Waals surface area contributed by atoms with Crippen molar-refractivity contribution in [1.82, 2.24) is 4.57 Å². The molecule has 0 unspecified atom stereocenters. The lowest BCUT2D eigenvalue weighted by atomic mass is 9.99. The van der Waals surface area contributed by atoms with Gasteiger partial charge in [0.25, 0.3) is 0 Å². The highest BCUT2D eigenvalue weighted by Gasteiger charge is 2.18. The van der Waals surface area contributed by atoms with Gasteiger partial charge in [-0.05, 0) is 17.5 Å². The first-order valence-electron chi connectivity index (χ1n) is 5.53. The summed E-state index contributed by atoms with van der Waals surface area (Å²) in [4.78, 5) is 0. The molecule has 0 saturated heterocycles. The molecule has 0 fully saturated rings. The smallest absolute Gasteiger partial charge is 0.147 e. The van der Waals surface area contributed by atoms with Gasteiger partial charge in [0.2, 0.25) is 0 Å². The van der Waals surface area contributed by atoms with Crippen molar-refractivity contribution in [3.05, 3.63) is 35.3 Å². The molecule has 0 atom stereocenters. The fraction of sp³-hybridized carbons (Fsp3) is 0.385. The Morgan fingerprint density at radius 3 is 2.62 bits per heavy atom. The zero-order chi connectivity index (χ0) is 11.9. The van der Waals surface area contributed by atoms with Crippen molar-refractivity contribution < 1.29 is 4.39 Å². The van der Waals surface area contributed by atoms with Crippen LogP contribution in [0.15, 0.2) is 18.2 Å². The summed E-state index contributed by atoms with van der Waals surface area (Å²) in [5.41, 5.74) is 8.61. The molecule has 0 aliphatic heterocycles. The Hall–Kier alpha value is -1.35. The number of nitrogens with two attached hydrogens (primary N) is 1. The molecular formula is C13H17FN2. The number of aryl methyl sites for hydroxylation is 1. The predicted octanol–water partition coefficient (Wildman–Crippen LogP) is 2.90. The lowest BCUT2D eigenvalue weighted by Gasteiger charge is -2.07. The number of para-hydroxylation sites is 1. The third-order valence-corrected chi connectivity index (χ3v) is 3.10. The summed E-state index contributed by atoms with van der Waals surface area (Å²) in [5, 5.41) is 0.984. The van der Waals surface area contributed by atoms with Gasteiger partial charge >= 0.3 is 0 Å². The summed E-state index contributed by atoms with van der Waals surface area (Å²) in [6, 6.07) is 5.21. The second kappa shape index (κ2) is 3.91. The van der Waals surface area contributed by atoms with Crippen LogP contribution < -0.4 is 5.73 Å². The van der Waals surface area contributed by atoms with Crippen LogP contribution in [0.5, 0.6) is 0 Å². The van der Waals surface area contributed by atoms with Gasteiger partial charge in [0.05, 0.1) is 5.52 Å². The number of hydrogen-bond donors (Lipinski definition) is 1. The van der Waals surface area contributed by atoms with Crippen molar-refractivity contribution in [3.8, 4) is 0 Å². The summed E-state index contributed by atoms with van der Waals surface area (Å²) in [5.74, 6) is 0.172. The van der Waals surface area contributed by atoms with Crippen LogP contribution in [0.3, 0.4) is 0 Å². The van der Waals surface area contributed by atoms with Crippen LogP contribution in [0, 0.1) is 5.82 Å². The second-order valence-electron chi connectivity index (χ2n) is 4.41. The van der Waals surface area contributed by atoms with Crippen LogP contribution in [-0.4, -0.2) is 4.57 Å². The number of nitrogens with zero attached hydrogens (tertiary/aromatic N) is 1. The van der Waals surface area contributed by atoms with E-state index < -0.39 is 0 Å². The summed E-state index contributed by atoms with van der Waals surface area (Å²) < 4.78 is 15.7. The topological polar surface area (TPSA) is 30.9 Å². The highest BCUT2D eigenvalue weighted by Crippen LogP contribution is 2.32. The van der Waals surface area contributed by atoms with Gasteiger partial charge in [-0.15, -0.1) is 0 Å². The SMILES string of the molecule is CC(C)c1c(CN)n(C)c2c(F)cccc12. The quantitative estimate of drug-likeness (QED) is 0.829. The number of hydrogen-bond acceptors (Lipinski definition) is 1. The maximum absolute atomic E-state index is 13.8. The van der Waals surface area contributed by atoms with Crippen LogP contribution in [-0.2, 0) is 13.6 Å². The van der Waals surface area contributed by atoms with Gasteiger partial charge in [0, 0.05) is 24.7 Å². The molecule has 0 aliphatic carbocycles. The van der Waals surface area contributed by atoms with Gasteiger partial charge in [-0.1, -0.05) is 26.0 Å². The Morgan fingerprint density at radius 1 is 1.38 bits per heavy atom. The molecule has 1 aromatic heterocycles. The van der Waals surface area contributed by atoms with E-state index in [2.05, 4.69) is 13.8 Å². The van der Waals surface area contributed by atoms with E-state index in [0.717, 1.165) is 11.1 Å². The first kappa shape index (κ1) is 11.1. The average molecular weight is 220 g/mol. The Labute approximate surface area is 94.9 Å². The van der Waals surface area contributed by atoms with Crippen molar-refractivity contribution in [2.45, 2.75) is 26.3 Å². The third kappa shape index (κ3) is 1.43. The summed E-state index contributed by atoms with van der Waals surface area (Å²) in [6.07, 6.45) is 0. The molecule has 1 heterocycles. The molecule has 86 valence electrons. The van der Waals surface area contributed by atoms with E-state index in [1.54, 1.807) is 6.07 Å². The normalized spacial score (nSPS) is 11.6. The predicted molar refractivity (Wildman–Crippen MR) is 64.9 cm³/mol. The summed E-state index contributed by atoms with van der Waals surface area (Å²) in [6.45, 7) is 4.66. The minimum atomic E-state index is -0.179. The number of halogens is 1. The Morgan fingerprint density at radius 2 is 2.06 bits per heavy atom. The highest BCUT2D eigenvalue weighted by atomic mass is 19.1. The van der Waals surface area contributed by atoms with E-state index in [1.807, 2.05) is 17.7 Å². The van der Waals surface area contributed by atoms with E-state index in [9.17, 15) is 4.39 Å². The molecule has 2 nitrogen and oxygen atoms in total. The van der Waals surface area contributed by atoms with Gasteiger partial charge in [0.1, 0.15) is 5.82 Å². The fourth-order valence-corrected chi connectivity index (χ4v) is 2.44. The molecule has 16 heavy (non-hydrogen) atoms. The molecule has 0 radical (unpaired) electrons. The van der Waals surface area contributed by atoms with Gasteiger partial charge in [-0.25, -0.2) is 4.39 Å². The van der Waals surface area contributed by atoms with Crippen molar-refractivity contribution in [2.75, 3.05) is 0 Å². The van der Waals surface area contributed by atoms with Gasteiger partial charge in [-0.2, -0.15) is 0 Å². The van der Waals surface area contributed by atoms with Crippen molar-refractivity contribution >= 4 is 10.9 Å². The second-order valence-corrected chi connectivity index (χ2v) is 4.41. The van der Waals surface area contributed by atoms with Crippen LogP contribution in [0.25, 0.3) is 10.9 Å². The molecule has 2 N–H and O–H groups in total. The lowest BCUT2D eigenvalue weighted by molar-refractivity contribution is 0.630. The maximum Gasteiger partial charge on any atom is 0.147 e.